The molecule has 1 saturated carbocycles. The number of hydrogen-bond acceptors (Lipinski definition) is 2. The molecule has 0 saturated heterocycles. The Morgan fingerprint density at radius 2 is 2.00 bits per heavy atom. The molecular weight excluding hydrogens is 236 g/mol. The first kappa shape index (κ1) is 14.0. The summed E-state index contributed by atoms with van der Waals surface area (Å²) in [6.45, 7) is 6.37. The summed E-state index contributed by atoms with van der Waals surface area (Å²) in [5.74, 6) is 2.10. The minimum atomic E-state index is 0.222. The van der Waals surface area contributed by atoms with Crippen LogP contribution in [-0.4, -0.2) is 12.2 Å². The third-order valence-corrected chi connectivity index (χ3v) is 4.43. The summed E-state index contributed by atoms with van der Waals surface area (Å²) in [6.07, 6.45) is 5.98. The summed E-state index contributed by atoms with van der Waals surface area (Å²) in [5, 5.41) is 9.64. The van der Waals surface area contributed by atoms with E-state index in [4.69, 9.17) is 4.74 Å². The fourth-order valence-corrected chi connectivity index (χ4v) is 3.07. The molecule has 0 spiro atoms. The van der Waals surface area contributed by atoms with Crippen molar-refractivity contribution in [3.8, 4) is 11.5 Å². The van der Waals surface area contributed by atoms with E-state index in [1.165, 1.54) is 36.8 Å². The van der Waals surface area contributed by atoms with Gasteiger partial charge in [0.05, 0.1) is 7.11 Å². The SMILES string of the molecule is C=C(CC)C1CCC(c2ccc(O)c(OC)c2)CC1. The highest BCUT2D eigenvalue weighted by atomic mass is 16.5. The van der Waals surface area contributed by atoms with Crippen LogP contribution in [-0.2, 0) is 0 Å². The number of allylic oxidation sites excluding steroid dienone is 1. The van der Waals surface area contributed by atoms with E-state index < -0.39 is 0 Å². The van der Waals surface area contributed by atoms with Gasteiger partial charge in [0.15, 0.2) is 11.5 Å². The molecular formula is C17H24O2. The van der Waals surface area contributed by atoms with E-state index >= 15 is 0 Å². The van der Waals surface area contributed by atoms with Gasteiger partial charge in [0.2, 0.25) is 0 Å². The summed E-state index contributed by atoms with van der Waals surface area (Å²) in [5.41, 5.74) is 2.69. The molecule has 0 aliphatic heterocycles. The average Bonchev–Trinajstić information content (AvgIpc) is 2.47. The fourth-order valence-electron chi connectivity index (χ4n) is 3.07. The first-order valence-electron chi connectivity index (χ1n) is 7.20. The van der Waals surface area contributed by atoms with Crippen LogP contribution in [0.1, 0.15) is 50.5 Å². The van der Waals surface area contributed by atoms with E-state index in [-0.39, 0.29) is 5.75 Å². The van der Waals surface area contributed by atoms with Crippen molar-refractivity contribution < 1.29 is 9.84 Å². The molecule has 2 nitrogen and oxygen atoms in total. The van der Waals surface area contributed by atoms with Crippen LogP contribution in [0.4, 0.5) is 0 Å². The zero-order valence-corrected chi connectivity index (χ0v) is 12.0. The number of benzene rings is 1. The molecule has 2 heteroatoms. The van der Waals surface area contributed by atoms with Crippen molar-refractivity contribution in [1.82, 2.24) is 0 Å². The highest BCUT2D eigenvalue weighted by Gasteiger charge is 2.24. The van der Waals surface area contributed by atoms with Gasteiger partial charge in [-0.05, 0) is 61.6 Å². The first-order chi connectivity index (χ1) is 9.15. The van der Waals surface area contributed by atoms with Gasteiger partial charge in [-0.2, -0.15) is 0 Å². The maximum Gasteiger partial charge on any atom is 0.160 e. The Bertz CT molecular complexity index is 443. The second-order valence-electron chi connectivity index (χ2n) is 5.49. The lowest BCUT2D eigenvalue weighted by Gasteiger charge is -2.30. The van der Waals surface area contributed by atoms with Crippen LogP contribution in [0, 0.1) is 5.92 Å². The Kier molecular flexibility index (Phi) is 4.52. The molecule has 0 heterocycles. The summed E-state index contributed by atoms with van der Waals surface area (Å²) in [7, 11) is 1.60. The second kappa shape index (κ2) is 6.14. The van der Waals surface area contributed by atoms with Crippen LogP contribution in [0.5, 0.6) is 11.5 Å². The molecule has 1 aromatic rings. The fraction of sp³-hybridized carbons (Fsp3) is 0.529. The monoisotopic (exact) mass is 260 g/mol. The molecule has 104 valence electrons. The molecule has 1 aliphatic rings. The van der Waals surface area contributed by atoms with Crippen LogP contribution in [0.25, 0.3) is 0 Å². The van der Waals surface area contributed by atoms with E-state index in [1.54, 1.807) is 13.2 Å². The number of rotatable bonds is 4. The molecule has 1 aromatic carbocycles. The van der Waals surface area contributed by atoms with Crippen molar-refractivity contribution in [2.75, 3.05) is 7.11 Å². The molecule has 19 heavy (non-hydrogen) atoms. The van der Waals surface area contributed by atoms with Crippen molar-refractivity contribution in [2.24, 2.45) is 5.92 Å². The highest BCUT2D eigenvalue weighted by molar-refractivity contribution is 5.43. The third kappa shape index (κ3) is 3.12. The largest absolute Gasteiger partial charge is 0.504 e. The molecule has 0 radical (unpaired) electrons. The lowest BCUT2D eigenvalue weighted by molar-refractivity contribution is 0.353. The number of methoxy groups -OCH3 is 1. The van der Waals surface area contributed by atoms with Crippen LogP contribution < -0.4 is 4.74 Å². The van der Waals surface area contributed by atoms with Gasteiger partial charge >= 0.3 is 0 Å². The zero-order valence-electron chi connectivity index (χ0n) is 12.0. The maximum atomic E-state index is 9.64. The predicted molar refractivity (Wildman–Crippen MR) is 78.8 cm³/mol. The Balaban J connectivity index is 2.03. The summed E-state index contributed by atoms with van der Waals surface area (Å²) < 4.78 is 5.19. The Morgan fingerprint density at radius 3 is 2.58 bits per heavy atom. The quantitative estimate of drug-likeness (QED) is 0.799. The molecule has 0 amide bonds. The van der Waals surface area contributed by atoms with Crippen LogP contribution in [0.3, 0.4) is 0 Å². The summed E-state index contributed by atoms with van der Waals surface area (Å²) in [4.78, 5) is 0. The van der Waals surface area contributed by atoms with E-state index in [0.717, 1.165) is 6.42 Å². The molecule has 1 aliphatic carbocycles. The van der Waals surface area contributed by atoms with Crippen molar-refractivity contribution >= 4 is 0 Å². The van der Waals surface area contributed by atoms with E-state index in [1.807, 2.05) is 12.1 Å². The first-order valence-corrected chi connectivity index (χ1v) is 7.20. The van der Waals surface area contributed by atoms with Crippen molar-refractivity contribution in [3.05, 3.63) is 35.9 Å². The average molecular weight is 260 g/mol. The van der Waals surface area contributed by atoms with Gasteiger partial charge < -0.3 is 9.84 Å². The molecule has 2 rings (SSSR count). The number of hydrogen-bond donors (Lipinski definition) is 1. The smallest absolute Gasteiger partial charge is 0.160 e. The van der Waals surface area contributed by atoms with Crippen molar-refractivity contribution in [3.63, 3.8) is 0 Å². The van der Waals surface area contributed by atoms with Gasteiger partial charge in [-0.15, -0.1) is 0 Å². The molecule has 0 bridgehead atoms. The normalized spacial score (nSPS) is 23.1. The zero-order chi connectivity index (χ0) is 13.8. The van der Waals surface area contributed by atoms with Gasteiger partial charge in [0.25, 0.3) is 0 Å². The lowest BCUT2D eigenvalue weighted by Crippen LogP contribution is -2.14. The standard InChI is InChI=1S/C17H24O2/c1-4-12(2)13-5-7-14(8-6-13)15-9-10-16(18)17(11-15)19-3/h9-11,13-14,18H,2,4-8H2,1,3H3. The maximum absolute atomic E-state index is 9.64. The van der Waals surface area contributed by atoms with E-state index in [0.29, 0.717) is 17.6 Å². The van der Waals surface area contributed by atoms with Crippen LogP contribution in [0.2, 0.25) is 0 Å². The van der Waals surface area contributed by atoms with Crippen LogP contribution >= 0.6 is 0 Å². The molecule has 0 unspecified atom stereocenters. The minimum absolute atomic E-state index is 0.222. The number of phenolic OH excluding ortho intramolecular Hbond substituents is 1. The van der Waals surface area contributed by atoms with Crippen LogP contribution in [0.15, 0.2) is 30.4 Å². The third-order valence-electron chi connectivity index (χ3n) is 4.43. The molecule has 1 N–H and O–H groups in total. The van der Waals surface area contributed by atoms with E-state index in [2.05, 4.69) is 13.5 Å². The van der Waals surface area contributed by atoms with E-state index in [9.17, 15) is 5.11 Å². The minimum Gasteiger partial charge on any atom is -0.504 e. The second-order valence-corrected chi connectivity index (χ2v) is 5.49. The van der Waals surface area contributed by atoms with Crippen molar-refractivity contribution in [1.29, 1.82) is 0 Å². The lowest BCUT2D eigenvalue weighted by atomic mass is 9.76. The Labute approximate surface area is 116 Å². The van der Waals surface area contributed by atoms with Gasteiger partial charge in [0.1, 0.15) is 0 Å². The number of phenols is 1. The van der Waals surface area contributed by atoms with Crippen molar-refractivity contribution in [2.45, 2.75) is 44.9 Å². The predicted octanol–water partition coefficient (Wildman–Crippen LogP) is 4.64. The van der Waals surface area contributed by atoms with Gasteiger partial charge in [-0.1, -0.05) is 25.1 Å². The molecule has 0 aromatic heterocycles. The van der Waals surface area contributed by atoms with Gasteiger partial charge in [0, 0.05) is 0 Å². The van der Waals surface area contributed by atoms with Gasteiger partial charge in [-0.3, -0.25) is 0 Å². The number of ether oxygens (including phenoxy) is 1. The Morgan fingerprint density at radius 1 is 1.32 bits per heavy atom. The molecule has 0 atom stereocenters. The molecule has 1 fully saturated rings. The van der Waals surface area contributed by atoms with Gasteiger partial charge in [-0.25, -0.2) is 0 Å². The Hall–Kier alpha value is -1.44. The number of aromatic hydroxyl groups is 1. The summed E-state index contributed by atoms with van der Waals surface area (Å²) >= 11 is 0. The highest BCUT2D eigenvalue weighted by Crippen LogP contribution is 2.40. The topological polar surface area (TPSA) is 29.5 Å². The summed E-state index contributed by atoms with van der Waals surface area (Å²) in [6, 6.07) is 5.75.